The monoisotopic (exact) mass is 380 g/mol. The van der Waals surface area contributed by atoms with Crippen LogP contribution in [-0.4, -0.2) is 38.8 Å². The van der Waals surface area contributed by atoms with Crippen molar-refractivity contribution >= 4 is 16.6 Å². The van der Waals surface area contributed by atoms with Gasteiger partial charge in [-0.2, -0.15) is 5.10 Å². The van der Waals surface area contributed by atoms with Crippen LogP contribution in [0.1, 0.15) is 24.0 Å². The molecule has 4 rings (SSSR count). The Bertz CT molecular complexity index is 986. The van der Waals surface area contributed by atoms with Crippen LogP contribution in [-0.2, 0) is 6.67 Å². The van der Waals surface area contributed by atoms with Gasteiger partial charge in [0.2, 0.25) is 0 Å². The quantitative estimate of drug-likeness (QED) is 0.493. The van der Waals surface area contributed by atoms with E-state index in [9.17, 15) is 10.1 Å². The molecule has 1 saturated heterocycles. The van der Waals surface area contributed by atoms with Gasteiger partial charge in [-0.3, -0.25) is 19.7 Å². The van der Waals surface area contributed by atoms with Crippen molar-refractivity contribution in [2.75, 3.05) is 13.1 Å². The number of nitro groups is 1. The van der Waals surface area contributed by atoms with Crippen LogP contribution < -0.4 is 4.74 Å². The highest BCUT2D eigenvalue weighted by Crippen LogP contribution is 2.27. The lowest BCUT2D eigenvalue weighted by Gasteiger charge is -2.32. The van der Waals surface area contributed by atoms with Crippen molar-refractivity contribution in [3.8, 4) is 5.75 Å². The number of likely N-dealkylation sites (tertiary alicyclic amines) is 1. The van der Waals surface area contributed by atoms with Crippen molar-refractivity contribution in [2.45, 2.75) is 39.5 Å². The van der Waals surface area contributed by atoms with Gasteiger partial charge in [-0.25, -0.2) is 0 Å². The van der Waals surface area contributed by atoms with E-state index in [1.165, 1.54) is 17.2 Å². The summed E-state index contributed by atoms with van der Waals surface area (Å²) in [5, 5.41) is 16.1. The van der Waals surface area contributed by atoms with Gasteiger partial charge >= 0.3 is 0 Å². The minimum absolute atomic E-state index is 0.0940. The summed E-state index contributed by atoms with van der Waals surface area (Å²) in [5.74, 6) is 1.01. The predicted octanol–water partition coefficient (Wildman–Crippen LogP) is 4.06. The molecule has 0 aliphatic carbocycles. The molecule has 1 aliphatic rings. The van der Waals surface area contributed by atoms with Gasteiger partial charge in [-0.15, -0.1) is 0 Å². The van der Waals surface area contributed by atoms with Crippen molar-refractivity contribution in [1.82, 2.24) is 14.7 Å². The largest absolute Gasteiger partial charge is 0.490 e. The number of aryl methyl sites for hydroxylation is 2. The third-order valence-corrected chi connectivity index (χ3v) is 5.40. The lowest BCUT2D eigenvalue weighted by atomic mass is 10.1. The normalized spacial score (nSPS) is 15.8. The van der Waals surface area contributed by atoms with Crippen molar-refractivity contribution in [3.63, 3.8) is 0 Å². The number of hydrogen-bond donors (Lipinski definition) is 0. The van der Waals surface area contributed by atoms with Crippen LogP contribution in [0.3, 0.4) is 0 Å². The Hall–Kier alpha value is -2.93. The van der Waals surface area contributed by atoms with Crippen LogP contribution in [0.15, 0.2) is 42.6 Å². The van der Waals surface area contributed by atoms with Gasteiger partial charge in [-0.1, -0.05) is 18.2 Å². The fourth-order valence-electron chi connectivity index (χ4n) is 3.81. The molecule has 3 aromatic rings. The minimum Gasteiger partial charge on any atom is -0.490 e. The highest BCUT2D eigenvalue weighted by molar-refractivity contribution is 5.81. The Labute approximate surface area is 163 Å². The Morgan fingerprint density at radius 2 is 1.89 bits per heavy atom. The van der Waals surface area contributed by atoms with E-state index in [-0.39, 0.29) is 16.7 Å². The van der Waals surface area contributed by atoms with Crippen LogP contribution in [0.2, 0.25) is 0 Å². The number of para-hydroxylation sites is 1. The lowest BCUT2D eigenvalue weighted by molar-refractivity contribution is -0.384. The maximum Gasteiger partial charge on any atom is 0.270 e. The van der Waals surface area contributed by atoms with Gasteiger partial charge in [-0.05, 0) is 43.9 Å². The van der Waals surface area contributed by atoms with Gasteiger partial charge in [0.1, 0.15) is 11.9 Å². The van der Waals surface area contributed by atoms with Gasteiger partial charge < -0.3 is 4.74 Å². The molecule has 146 valence electrons. The Kier molecular flexibility index (Phi) is 5.00. The van der Waals surface area contributed by atoms with Crippen molar-refractivity contribution in [3.05, 3.63) is 63.8 Å². The summed E-state index contributed by atoms with van der Waals surface area (Å²) in [6, 6.07) is 11.1. The standard InChI is InChI=1S/C21H24N4O3/c1-15-4-3-5-16(2)21(15)28-19-8-10-23(11-9-19)14-24-20-7-6-18(25(26)27)12-17(20)13-22-24/h3-7,12-13,19H,8-11,14H2,1-2H3. The van der Waals surface area contributed by atoms with Crippen LogP contribution in [0, 0.1) is 24.0 Å². The molecule has 1 fully saturated rings. The van der Waals surface area contributed by atoms with E-state index in [2.05, 4.69) is 42.0 Å². The number of hydrogen-bond acceptors (Lipinski definition) is 5. The average Bonchev–Trinajstić information content (AvgIpc) is 3.08. The van der Waals surface area contributed by atoms with E-state index in [4.69, 9.17) is 4.74 Å². The van der Waals surface area contributed by atoms with Crippen LogP contribution in [0.4, 0.5) is 5.69 Å². The Morgan fingerprint density at radius 1 is 1.18 bits per heavy atom. The number of rotatable bonds is 5. The topological polar surface area (TPSA) is 73.4 Å². The molecule has 0 spiro atoms. The van der Waals surface area contributed by atoms with Crippen LogP contribution in [0.5, 0.6) is 5.75 Å². The zero-order valence-electron chi connectivity index (χ0n) is 16.2. The average molecular weight is 380 g/mol. The van der Waals surface area contributed by atoms with E-state index in [1.54, 1.807) is 18.3 Å². The molecule has 7 heteroatoms. The molecule has 0 atom stereocenters. The second-order valence-electron chi connectivity index (χ2n) is 7.44. The van der Waals surface area contributed by atoms with E-state index in [1.807, 2.05) is 4.68 Å². The van der Waals surface area contributed by atoms with Crippen LogP contribution >= 0.6 is 0 Å². The summed E-state index contributed by atoms with van der Waals surface area (Å²) in [6.45, 7) is 6.72. The molecule has 0 amide bonds. The molecule has 0 radical (unpaired) electrons. The second kappa shape index (κ2) is 7.59. The molecule has 1 aromatic heterocycles. The van der Waals surface area contributed by atoms with Crippen molar-refractivity contribution in [1.29, 1.82) is 0 Å². The molecule has 28 heavy (non-hydrogen) atoms. The molecular weight excluding hydrogens is 356 g/mol. The first-order valence-electron chi connectivity index (χ1n) is 9.56. The first-order valence-corrected chi connectivity index (χ1v) is 9.56. The summed E-state index contributed by atoms with van der Waals surface area (Å²) >= 11 is 0. The van der Waals surface area contributed by atoms with Crippen molar-refractivity contribution in [2.24, 2.45) is 0 Å². The second-order valence-corrected chi connectivity index (χ2v) is 7.44. The number of non-ortho nitro benzene ring substituents is 1. The van der Waals surface area contributed by atoms with E-state index in [0.717, 1.165) is 42.6 Å². The fraction of sp³-hybridized carbons (Fsp3) is 0.381. The smallest absolute Gasteiger partial charge is 0.270 e. The summed E-state index contributed by atoms with van der Waals surface area (Å²) in [7, 11) is 0. The number of piperidine rings is 1. The molecule has 2 heterocycles. The summed E-state index contributed by atoms with van der Waals surface area (Å²) in [4.78, 5) is 12.9. The number of benzene rings is 2. The first kappa shape index (κ1) is 18.4. The number of ether oxygens (including phenoxy) is 1. The summed E-state index contributed by atoms with van der Waals surface area (Å²) < 4.78 is 8.20. The fourth-order valence-corrected chi connectivity index (χ4v) is 3.81. The van der Waals surface area contributed by atoms with Gasteiger partial charge in [0, 0.05) is 30.6 Å². The number of nitrogens with zero attached hydrogens (tertiary/aromatic N) is 4. The first-order chi connectivity index (χ1) is 13.5. The molecule has 1 aliphatic heterocycles. The van der Waals surface area contributed by atoms with Crippen LogP contribution in [0.25, 0.3) is 10.9 Å². The maximum absolute atomic E-state index is 10.9. The lowest BCUT2D eigenvalue weighted by Crippen LogP contribution is -2.39. The van der Waals surface area contributed by atoms with E-state index in [0.29, 0.717) is 6.67 Å². The molecule has 2 aromatic carbocycles. The number of aromatic nitrogens is 2. The minimum atomic E-state index is -0.377. The zero-order valence-corrected chi connectivity index (χ0v) is 16.2. The molecule has 0 saturated carbocycles. The Balaban J connectivity index is 1.38. The van der Waals surface area contributed by atoms with Crippen molar-refractivity contribution < 1.29 is 9.66 Å². The number of fused-ring (bicyclic) bond motifs is 1. The molecule has 7 nitrogen and oxygen atoms in total. The molecule has 0 bridgehead atoms. The SMILES string of the molecule is Cc1cccc(C)c1OC1CCN(Cn2ncc3cc([N+](=O)[O-])ccc32)CC1. The Morgan fingerprint density at radius 3 is 2.57 bits per heavy atom. The zero-order chi connectivity index (χ0) is 19.7. The third kappa shape index (κ3) is 3.71. The summed E-state index contributed by atoms with van der Waals surface area (Å²) in [5.41, 5.74) is 3.37. The molecular formula is C21H24N4O3. The third-order valence-electron chi connectivity index (χ3n) is 5.40. The molecule has 0 unspecified atom stereocenters. The highest BCUT2D eigenvalue weighted by atomic mass is 16.6. The predicted molar refractivity (Wildman–Crippen MR) is 108 cm³/mol. The molecule has 0 N–H and O–H groups in total. The van der Waals surface area contributed by atoms with E-state index >= 15 is 0 Å². The van der Waals surface area contributed by atoms with Gasteiger partial charge in [0.15, 0.2) is 0 Å². The number of nitro benzene ring substituents is 1. The van der Waals surface area contributed by atoms with Gasteiger partial charge in [0.05, 0.1) is 23.3 Å². The van der Waals surface area contributed by atoms with Gasteiger partial charge in [0.25, 0.3) is 5.69 Å². The summed E-state index contributed by atoms with van der Waals surface area (Å²) in [6.07, 6.45) is 3.86. The maximum atomic E-state index is 10.9. The van der Waals surface area contributed by atoms with E-state index < -0.39 is 0 Å². The highest BCUT2D eigenvalue weighted by Gasteiger charge is 2.22.